The molecule has 0 fully saturated rings. The van der Waals surface area contributed by atoms with Gasteiger partial charge in [-0.1, -0.05) is 0 Å². The number of hydrogen-bond acceptors (Lipinski definition) is 5. The molecule has 2 rings (SSSR count). The van der Waals surface area contributed by atoms with Gasteiger partial charge in [-0.25, -0.2) is 4.98 Å². The van der Waals surface area contributed by atoms with Gasteiger partial charge in [0.1, 0.15) is 5.82 Å². The van der Waals surface area contributed by atoms with Gasteiger partial charge in [-0.15, -0.1) is 0 Å². The van der Waals surface area contributed by atoms with Gasteiger partial charge in [-0.2, -0.15) is 23.3 Å². The van der Waals surface area contributed by atoms with Gasteiger partial charge in [-0.05, 0) is 6.92 Å². The summed E-state index contributed by atoms with van der Waals surface area (Å²) in [6.45, 7) is 2.50. The quantitative estimate of drug-likeness (QED) is 0.936. The summed E-state index contributed by atoms with van der Waals surface area (Å²) in [5, 5.41) is 6.49. The van der Waals surface area contributed by atoms with Crippen molar-refractivity contribution in [1.82, 2.24) is 19.7 Å². The second kappa shape index (κ2) is 5.35. The van der Waals surface area contributed by atoms with Gasteiger partial charge in [0, 0.05) is 19.7 Å². The van der Waals surface area contributed by atoms with Crippen LogP contribution in [0.25, 0.3) is 0 Å². The Labute approximate surface area is 112 Å². The third-order valence-corrected chi connectivity index (χ3v) is 2.37. The normalized spacial score (nSPS) is 11.4. The molecule has 0 amide bonds. The van der Waals surface area contributed by atoms with Gasteiger partial charge in [0.2, 0.25) is 11.7 Å². The number of halogens is 3. The Kier molecular flexibility index (Phi) is 3.77. The lowest BCUT2D eigenvalue weighted by Crippen LogP contribution is -2.12. The highest BCUT2D eigenvalue weighted by molar-refractivity contribution is 5.39. The number of ether oxygens (including phenoxy) is 1. The zero-order valence-corrected chi connectivity index (χ0v) is 10.8. The number of aromatic nitrogens is 4. The number of aryl methyl sites for hydroxylation is 1. The number of rotatable bonds is 4. The molecule has 0 atom stereocenters. The molecule has 108 valence electrons. The molecule has 20 heavy (non-hydrogen) atoms. The van der Waals surface area contributed by atoms with Crippen LogP contribution in [0.15, 0.2) is 18.5 Å². The predicted octanol–water partition coefficient (Wildman–Crippen LogP) is 2.55. The summed E-state index contributed by atoms with van der Waals surface area (Å²) in [5.41, 5.74) is 0. The highest BCUT2D eigenvalue weighted by Gasteiger charge is 2.35. The molecule has 2 aromatic heterocycles. The van der Waals surface area contributed by atoms with Gasteiger partial charge in [0.25, 0.3) is 0 Å². The van der Waals surface area contributed by atoms with Crippen LogP contribution < -0.4 is 10.1 Å². The van der Waals surface area contributed by atoms with Crippen molar-refractivity contribution in [3.05, 3.63) is 24.3 Å². The lowest BCUT2D eigenvalue weighted by molar-refractivity contribution is -0.145. The molecule has 0 aliphatic heterocycles. The first kappa shape index (κ1) is 14.1. The van der Waals surface area contributed by atoms with Gasteiger partial charge in [0.05, 0.1) is 12.4 Å². The van der Waals surface area contributed by atoms with Crippen molar-refractivity contribution in [3.63, 3.8) is 0 Å². The second-order valence-corrected chi connectivity index (χ2v) is 3.80. The minimum atomic E-state index is -4.64. The molecule has 6 nitrogen and oxygen atoms in total. The third kappa shape index (κ3) is 3.16. The summed E-state index contributed by atoms with van der Waals surface area (Å²) < 4.78 is 44.8. The molecule has 0 aromatic carbocycles. The van der Waals surface area contributed by atoms with Crippen LogP contribution in [0.4, 0.5) is 19.0 Å². The van der Waals surface area contributed by atoms with E-state index in [1.165, 1.54) is 19.3 Å². The van der Waals surface area contributed by atoms with Crippen LogP contribution in [0.1, 0.15) is 12.7 Å². The molecular formula is C11H12F3N5O. The van der Waals surface area contributed by atoms with E-state index in [1.54, 1.807) is 10.9 Å². The fourth-order valence-electron chi connectivity index (χ4n) is 1.42. The fraction of sp³-hybridized carbons (Fsp3) is 0.364. The summed E-state index contributed by atoms with van der Waals surface area (Å²) in [4.78, 5) is 6.69. The van der Waals surface area contributed by atoms with Crippen LogP contribution in [0.3, 0.4) is 0 Å². The lowest BCUT2D eigenvalue weighted by Gasteiger charge is -2.09. The predicted molar refractivity (Wildman–Crippen MR) is 64.6 cm³/mol. The Morgan fingerprint density at radius 1 is 1.35 bits per heavy atom. The van der Waals surface area contributed by atoms with Gasteiger partial charge in [-0.3, -0.25) is 4.68 Å². The third-order valence-electron chi connectivity index (χ3n) is 2.37. The molecule has 0 spiro atoms. The highest BCUT2D eigenvalue weighted by Crippen LogP contribution is 2.30. The smallest absolute Gasteiger partial charge is 0.436 e. The van der Waals surface area contributed by atoms with Crippen molar-refractivity contribution in [2.45, 2.75) is 19.6 Å². The Morgan fingerprint density at radius 2 is 2.10 bits per heavy atom. The molecule has 2 aromatic rings. The molecule has 0 unspecified atom stereocenters. The van der Waals surface area contributed by atoms with Crippen LogP contribution in [-0.4, -0.2) is 26.8 Å². The van der Waals surface area contributed by atoms with Gasteiger partial charge in [0.15, 0.2) is 5.75 Å². The maximum atomic E-state index is 12.7. The van der Waals surface area contributed by atoms with Crippen LogP contribution in [-0.2, 0) is 12.7 Å². The molecule has 0 saturated heterocycles. The van der Waals surface area contributed by atoms with Crippen LogP contribution in [0, 0.1) is 0 Å². The standard InChI is InChI=1S/C11H12F3N5O/c1-3-19-6-7(5-16-19)20-9-4-8(15-2)17-10(18-9)11(12,13)14/h4-6H,3H2,1-2H3,(H,15,17,18). The van der Waals surface area contributed by atoms with E-state index in [9.17, 15) is 13.2 Å². The topological polar surface area (TPSA) is 64.9 Å². The minimum absolute atomic E-state index is 0.0187. The zero-order chi connectivity index (χ0) is 14.8. The Hall–Kier alpha value is -2.32. The summed E-state index contributed by atoms with van der Waals surface area (Å²) in [6, 6.07) is 1.28. The Morgan fingerprint density at radius 3 is 2.65 bits per heavy atom. The molecule has 0 aliphatic rings. The van der Waals surface area contributed by atoms with Crippen molar-refractivity contribution in [1.29, 1.82) is 0 Å². The summed E-state index contributed by atoms with van der Waals surface area (Å²) >= 11 is 0. The lowest BCUT2D eigenvalue weighted by atomic mass is 10.5. The van der Waals surface area contributed by atoms with E-state index in [4.69, 9.17) is 4.74 Å². The molecule has 2 heterocycles. The number of hydrogen-bond donors (Lipinski definition) is 1. The summed E-state index contributed by atoms with van der Waals surface area (Å²) in [5.74, 6) is -1.14. The molecular weight excluding hydrogens is 275 g/mol. The fourth-order valence-corrected chi connectivity index (χ4v) is 1.42. The largest absolute Gasteiger partial charge is 0.451 e. The zero-order valence-electron chi connectivity index (χ0n) is 10.8. The summed E-state index contributed by atoms with van der Waals surface area (Å²) in [7, 11) is 1.46. The highest BCUT2D eigenvalue weighted by atomic mass is 19.4. The van der Waals surface area contributed by atoms with Crippen LogP contribution in [0.2, 0.25) is 0 Å². The van der Waals surface area contributed by atoms with Crippen molar-refractivity contribution >= 4 is 5.82 Å². The maximum absolute atomic E-state index is 12.7. The van der Waals surface area contributed by atoms with E-state index in [-0.39, 0.29) is 11.7 Å². The van der Waals surface area contributed by atoms with E-state index < -0.39 is 12.0 Å². The van der Waals surface area contributed by atoms with E-state index in [0.29, 0.717) is 12.3 Å². The average Bonchev–Trinajstić information content (AvgIpc) is 2.85. The van der Waals surface area contributed by atoms with Crippen LogP contribution in [0.5, 0.6) is 11.6 Å². The number of anilines is 1. The first-order chi connectivity index (χ1) is 9.42. The van der Waals surface area contributed by atoms with E-state index in [1.807, 2.05) is 6.92 Å². The van der Waals surface area contributed by atoms with E-state index in [2.05, 4.69) is 20.4 Å². The maximum Gasteiger partial charge on any atom is 0.451 e. The van der Waals surface area contributed by atoms with Crippen molar-refractivity contribution in [3.8, 4) is 11.6 Å². The molecule has 0 saturated carbocycles. The Bertz CT molecular complexity index is 596. The SMILES string of the molecule is CCn1cc(Oc2cc(NC)nc(C(F)(F)F)n2)cn1. The molecule has 9 heteroatoms. The molecule has 0 aliphatic carbocycles. The molecule has 0 radical (unpaired) electrons. The van der Waals surface area contributed by atoms with Gasteiger partial charge >= 0.3 is 6.18 Å². The monoisotopic (exact) mass is 287 g/mol. The van der Waals surface area contributed by atoms with Gasteiger partial charge < -0.3 is 10.1 Å². The molecule has 0 bridgehead atoms. The van der Waals surface area contributed by atoms with E-state index >= 15 is 0 Å². The van der Waals surface area contributed by atoms with Crippen molar-refractivity contribution < 1.29 is 17.9 Å². The Balaban J connectivity index is 2.31. The van der Waals surface area contributed by atoms with Crippen molar-refractivity contribution in [2.75, 3.05) is 12.4 Å². The summed E-state index contributed by atoms with van der Waals surface area (Å²) in [6.07, 6.45) is -1.68. The number of nitrogens with one attached hydrogen (secondary N) is 1. The molecule has 1 N–H and O–H groups in total. The number of nitrogens with zero attached hydrogens (tertiary/aromatic N) is 4. The van der Waals surface area contributed by atoms with Crippen molar-refractivity contribution in [2.24, 2.45) is 0 Å². The first-order valence-corrected chi connectivity index (χ1v) is 5.76. The number of alkyl halides is 3. The van der Waals surface area contributed by atoms with Crippen LogP contribution >= 0.6 is 0 Å². The van der Waals surface area contributed by atoms with E-state index in [0.717, 1.165) is 0 Å². The minimum Gasteiger partial charge on any atom is -0.436 e. The first-order valence-electron chi connectivity index (χ1n) is 5.76. The second-order valence-electron chi connectivity index (χ2n) is 3.80. The average molecular weight is 287 g/mol.